The van der Waals surface area contributed by atoms with Gasteiger partial charge in [0.15, 0.2) is 20.5 Å². The maximum absolute atomic E-state index is 14.2. The summed E-state index contributed by atoms with van der Waals surface area (Å²) in [4.78, 5) is 57.8. The first-order valence-corrected chi connectivity index (χ1v) is 22.8. The van der Waals surface area contributed by atoms with Crippen molar-refractivity contribution < 1.29 is 47.3 Å². The van der Waals surface area contributed by atoms with Gasteiger partial charge in [-0.05, 0) is 79.1 Å². The minimum absolute atomic E-state index is 0.146. The highest BCUT2D eigenvalue weighted by Crippen LogP contribution is 2.47. The third-order valence-electron chi connectivity index (χ3n) is 10.4. The number of esters is 4. The number of carbonyl (C=O) groups excluding carboxylic acids is 4. The number of hydrogen-bond donors (Lipinski definition) is 0. The Balaban J connectivity index is 1.72. The van der Waals surface area contributed by atoms with E-state index in [2.05, 4.69) is 10.0 Å². The molecule has 1 aliphatic rings. The van der Waals surface area contributed by atoms with Crippen molar-refractivity contribution in [1.82, 2.24) is 0 Å². The molecule has 15 heteroatoms. The van der Waals surface area contributed by atoms with Crippen LogP contribution in [0.1, 0.15) is 63.8 Å². The number of aryl methyl sites for hydroxylation is 1. The molecule has 59 heavy (non-hydrogen) atoms. The molecule has 0 spiro atoms. The number of nitrogens with zero attached hydrogens (tertiary/aromatic N) is 3. The Kier molecular flexibility index (Phi) is 14.8. The molecule has 0 unspecified atom stereocenters. The number of benzene rings is 4. The minimum atomic E-state index is -2.61. The number of methoxy groups -OCH3 is 1. The fraction of sp³-hybridized carbons (Fsp3) is 0.364. The van der Waals surface area contributed by atoms with E-state index in [1.54, 1.807) is 103 Å². The van der Waals surface area contributed by atoms with Gasteiger partial charge in [0.1, 0.15) is 18.2 Å². The molecule has 0 aromatic heterocycles. The predicted molar refractivity (Wildman–Crippen MR) is 224 cm³/mol. The van der Waals surface area contributed by atoms with E-state index in [0.29, 0.717) is 4.90 Å². The smallest absolute Gasteiger partial charge is 0.349 e. The van der Waals surface area contributed by atoms with Gasteiger partial charge in [-0.1, -0.05) is 110 Å². The monoisotopic (exact) mass is 839 g/mol. The first kappa shape index (κ1) is 44.7. The quantitative estimate of drug-likeness (QED) is 0.0279. The highest BCUT2D eigenvalue weighted by Gasteiger charge is 2.59. The van der Waals surface area contributed by atoms with Crippen LogP contribution >= 0.6 is 11.8 Å². The second-order valence-electron chi connectivity index (χ2n) is 15.6. The molecule has 0 amide bonds. The van der Waals surface area contributed by atoms with Gasteiger partial charge in [0.2, 0.25) is 4.93 Å². The highest BCUT2D eigenvalue weighted by molar-refractivity contribution is 8.01. The van der Waals surface area contributed by atoms with Crippen molar-refractivity contribution in [2.24, 2.45) is 5.11 Å². The summed E-state index contributed by atoms with van der Waals surface area (Å²) in [7, 11) is -1.42. The van der Waals surface area contributed by atoms with Crippen molar-refractivity contribution in [3.63, 3.8) is 0 Å². The molecule has 4 aromatic rings. The van der Waals surface area contributed by atoms with Gasteiger partial charge >= 0.3 is 23.9 Å². The van der Waals surface area contributed by atoms with E-state index < -0.39 is 67.6 Å². The molecule has 310 valence electrons. The van der Waals surface area contributed by atoms with Crippen LogP contribution in [0.3, 0.4) is 0 Å². The number of rotatable bonds is 15. The summed E-state index contributed by atoms with van der Waals surface area (Å²) in [5.41, 5.74) is 11.6. The van der Waals surface area contributed by atoms with Gasteiger partial charge in [-0.15, -0.1) is 0 Å². The Morgan fingerprint density at radius 1 is 0.831 bits per heavy atom. The normalized spacial score (nSPS) is 20.2. The summed E-state index contributed by atoms with van der Waals surface area (Å²) in [6.07, 6.45) is -6.43. The van der Waals surface area contributed by atoms with E-state index in [1.807, 2.05) is 52.9 Å². The summed E-state index contributed by atoms with van der Waals surface area (Å²) < 4.78 is 37.5. The molecule has 1 saturated heterocycles. The van der Waals surface area contributed by atoms with Crippen molar-refractivity contribution in [2.45, 2.75) is 92.5 Å². The molecule has 0 aliphatic carbocycles. The maximum atomic E-state index is 14.2. The SMILES string of the molecule is COC(=O)[C@@]1(Sc2ccc(C)cc2)C[C@H](OC(=O)c2ccccc2)[C@@H](N=[N+]=[N-])[C@H]([C@H](OC(=O)c2ccccc2)[C@@H](CO[Si](C)(C)C(C)(C)C)OC(=O)c2ccccc2)O1. The summed E-state index contributed by atoms with van der Waals surface area (Å²) in [6, 6.07) is 30.3. The molecule has 0 bridgehead atoms. The second kappa shape index (κ2) is 19.5. The summed E-state index contributed by atoms with van der Waals surface area (Å²) >= 11 is 0.985. The van der Waals surface area contributed by atoms with Gasteiger partial charge in [0.05, 0.1) is 30.4 Å². The third-order valence-corrected chi connectivity index (χ3v) is 16.2. The molecular formula is C44H49N3O10SSi. The fourth-order valence-corrected chi connectivity index (χ4v) is 8.32. The summed E-state index contributed by atoms with van der Waals surface area (Å²) in [6.45, 7) is 11.7. The maximum Gasteiger partial charge on any atom is 0.349 e. The van der Waals surface area contributed by atoms with Crippen LogP contribution in [0.25, 0.3) is 10.4 Å². The zero-order chi connectivity index (χ0) is 42.8. The highest BCUT2D eigenvalue weighted by atomic mass is 32.2. The second-order valence-corrected chi connectivity index (χ2v) is 21.7. The van der Waals surface area contributed by atoms with Gasteiger partial charge in [-0.3, -0.25) is 0 Å². The Morgan fingerprint density at radius 2 is 1.34 bits per heavy atom. The first-order valence-electron chi connectivity index (χ1n) is 19.1. The van der Waals surface area contributed by atoms with E-state index >= 15 is 0 Å². The number of carbonyl (C=O) groups is 4. The Labute approximate surface area is 349 Å². The molecule has 0 saturated carbocycles. The van der Waals surface area contributed by atoms with Crippen molar-refractivity contribution in [1.29, 1.82) is 0 Å². The lowest BCUT2D eigenvalue weighted by Crippen LogP contribution is -2.63. The zero-order valence-corrected chi connectivity index (χ0v) is 35.9. The molecule has 5 rings (SSSR count). The number of hydrogen-bond acceptors (Lipinski definition) is 12. The van der Waals surface area contributed by atoms with Crippen LogP contribution in [0, 0.1) is 6.92 Å². The summed E-state index contributed by atoms with van der Waals surface area (Å²) in [5, 5.41) is 3.79. The average Bonchev–Trinajstić information content (AvgIpc) is 3.23. The zero-order valence-electron chi connectivity index (χ0n) is 34.1. The van der Waals surface area contributed by atoms with Crippen LogP contribution in [0.5, 0.6) is 0 Å². The van der Waals surface area contributed by atoms with Crippen molar-refractivity contribution in [3.8, 4) is 0 Å². The largest absolute Gasteiger partial charge is 0.466 e. The molecule has 4 aromatic carbocycles. The van der Waals surface area contributed by atoms with Gasteiger partial charge < -0.3 is 28.1 Å². The number of thioether (sulfide) groups is 1. The average molecular weight is 840 g/mol. The number of azide groups is 1. The van der Waals surface area contributed by atoms with Gasteiger partial charge in [-0.25, -0.2) is 19.2 Å². The van der Waals surface area contributed by atoms with Crippen LogP contribution in [-0.2, 0) is 32.9 Å². The molecule has 1 fully saturated rings. The summed E-state index contributed by atoms with van der Waals surface area (Å²) in [5.74, 6) is -3.26. The van der Waals surface area contributed by atoms with E-state index in [9.17, 15) is 24.7 Å². The van der Waals surface area contributed by atoms with E-state index in [4.69, 9.17) is 28.1 Å². The van der Waals surface area contributed by atoms with E-state index in [0.717, 1.165) is 17.3 Å². The van der Waals surface area contributed by atoms with Crippen LogP contribution in [0.15, 0.2) is 125 Å². The topological polar surface area (TPSA) is 172 Å². The molecule has 1 heterocycles. The standard InChI is InChI=1S/C44H49N3O10SSi/c1-29-23-25-33(26-24-29)58-44(42(51)52-5)27-34(54-39(48)30-17-11-8-12-18-30)36(46-47-45)38(57-44)37(56-41(50)32-21-15-10-16-22-32)35(28-53-59(6,7)43(2,3)4)55-40(49)31-19-13-9-14-20-31/h8-26,34-38H,27-28H2,1-7H3/t34-,35+,36+,37+,38+,44-/m0/s1. The van der Waals surface area contributed by atoms with E-state index in [-0.39, 0.29) is 34.8 Å². The molecular weight excluding hydrogens is 791 g/mol. The third kappa shape index (κ3) is 11.2. The van der Waals surface area contributed by atoms with Crippen molar-refractivity contribution in [3.05, 3.63) is 148 Å². The fourth-order valence-electron chi connectivity index (χ4n) is 6.08. The molecule has 0 N–H and O–H groups in total. The van der Waals surface area contributed by atoms with Crippen molar-refractivity contribution in [2.75, 3.05) is 13.7 Å². The Hall–Kier alpha value is -5.44. The molecule has 0 radical (unpaired) electrons. The first-order chi connectivity index (χ1) is 28.1. The van der Waals surface area contributed by atoms with Crippen LogP contribution in [0.4, 0.5) is 0 Å². The molecule has 13 nitrogen and oxygen atoms in total. The van der Waals surface area contributed by atoms with E-state index in [1.165, 1.54) is 7.11 Å². The van der Waals surface area contributed by atoms with Gasteiger partial charge in [-0.2, -0.15) is 0 Å². The van der Waals surface area contributed by atoms with Crippen LogP contribution < -0.4 is 0 Å². The lowest BCUT2D eigenvalue weighted by molar-refractivity contribution is -0.203. The predicted octanol–water partition coefficient (Wildman–Crippen LogP) is 9.12. The number of ether oxygens (including phenoxy) is 5. The van der Waals surface area contributed by atoms with Gasteiger partial charge in [0, 0.05) is 16.2 Å². The Bertz CT molecular complexity index is 2110. The van der Waals surface area contributed by atoms with Crippen molar-refractivity contribution >= 4 is 44.0 Å². The lowest BCUT2D eigenvalue weighted by Gasteiger charge is -2.47. The van der Waals surface area contributed by atoms with Gasteiger partial charge in [0.25, 0.3) is 0 Å². The lowest BCUT2D eigenvalue weighted by atomic mass is 9.89. The van der Waals surface area contributed by atoms with Crippen LogP contribution in [-0.4, -0.2) is 81.3 Å². The Morgan fingerprint density at radius 3 is 1.83 bits per heavy atom. The molecule has 1 aliphatic heterocycles. The molecule has 6 atom stereocenters. The van der Waals surface area contributed by atoms with Crippen LogP contribution in [0.2, 0.25) is 18.1 Å². The minimum Gasteiger partial charge on any atom is -0.466 e.